The predicted molar refractivity (Wildman–Crippen MR) is 67.6 cm³/mol. The number of hydrogen-bond donors (Lipinski definition) is 3. The van der Waals surface area contributed by atoms with Gasteiger partial charge in [0.15, 0.2) is 6.10 Å². The van der Waals surface area contributed by atoms with Gasteiger partial charge in [0.25, 0.3) is 0 Å². The van der Waals surface area contributed by atoms with Crippen molar-refractivity contribution in [2.24, 2.45) is 5.73 Å². The molecule has 0 saturated carbocycles. The van der Waals surface area contributed by atoms with E-state index >= 15 is 0 Å². The molecule has 0 fully saturated rings. The van der Waals surface area contributed by atoms with Crippen LogP contribution >= 0.6 is 0 Å². The zero-order valence-corrected chi connectivity index (χ0v) is 11.5. The van der Waals surface area contributed by atoms with Crippen LogP contribution in [0.4, 0.5) is 0 Å². The van der Waals surface area contributed by atoms with E-state index in [1.807, 2.05) is 13.8 Å². The Morgan fingerprint density at radius 2 is 1.88 bits per heavy atom. The summed E-state index contributed by atoms with van der Waals surface area (Å²) < 4.78 is 5.06. The fraction of sp³-hybridized carbons (Fsp3) is 0.917. The van der Waals surface area contributed by atoms with Crippen LogP contribution < -0.4 is 11.1 Å². The van der Waals surface area contributed by atoms with Crippen LogP contribution in [0.2, 0.25) is 0 Å². The zero-order valence-electron chi connectivity index (χ0n) is 11.5. The number of nitrogens with two attached hydrogens (primary N) is 1. The molecule has 0 rings (SSSR count). The maximum atomic E-state index is 11.4. The van der Waals surface area contributed by atoms with Gasteiger partial charge in [-0.1, -0.05) is 0 Å². The van der Waals surface area contributed by atoms with E-state index in [0.29, 0.717) is 19.5 Å². The lowest BCUT2D eigenvalue weighted by molar-refractivity contribution is -0.165. The van der Waals surface area contributed by atoms with E-state index in [4.69, 9.17) is 10.5 Å². The van der Waals surface area contributed by atoms with Crippen LogP contribution in [0.1, 0.15) is 41.0 Å². The van der Waals surface area contributed by atoms with Crippen molar-refractivity contribution >= 4 is 5.97 Å². The number of hydrogen-bond acceptors (Lipinski definition) is 5. The third kappa shape index (κ3) is 10.2. The quantitative estimate of drug-likeness (QED) is 0.467. The van der Waals surface area contributed by atoms with Gasteiger partial charge in [0.1, 0.15) is 5.60 Å². The van der Waals surface area contributed by atoms with Gasteiger partial charge in [-0.25, -0.2) is 4.79 Å². The maximum absolute atomic E-state index is 11.4. The molecule has 0 amide bonds. The Morgan fingerprint density at radius 3 is 2.29 bits per heavy atom. The van der Waals surface area contributed by atoms with Crippen LogP contribution in [0, 0.1) is 0 Å². The van der Waals surface area contributed by atoms with Gasteiger partial charge in [-0.3, -0.25) is 0 Å². The Kier molecular flexibility index (Phi) is 6.09. The van der Waals surface area contributed by atoms with Crippen LogP contribution in [0.5, 0.6) is 0 Å². The molecule has 17 heavy (non-hydrogen) atoms. The Morgan fingerprint density at radius 1 is 1.35 bits per heavy atom. The molecule has 1 atom stereocenters. The highest BCUT2D eigenvalue weighted by molar-refractivity contribution is 5.74. The first kappa shape index (κ1) is 16.4. The number of rotatable bonds is 6. The smallest absolute Gasteiger partial charge is 0.335 e. The second-order valence-electron chi connectivity index (χ2n) is 6.00. The van der Waals surface area contributed by atoms with Crippen LogP contribution in [0.15, 0.2) is 0 Å². The molecule has 0 spiro atoms. The lowest BCUT2D eigenvalue weighted by atomic mass is 10.1. The van der Waals surface area contributed by atoms with Crippen molar-refractivity contribution in [3.05, 3.63) is 0 Å². The van der Waals surface area contributed by atoms with Gasteiger partial charge >= 0.3 is 5.97 Å². The molecule has 0 aliphatic heterocycles. The zero-order chi connectivity index (χ0) is 13.7. The van der Waals surface area contributed by atoms with E-state index in [0.717, 1.165) is 0 Å². The van der Waals surface area contributed by atoms with Crippen molar-refractivity contribution in [3.8, 4) is 0 Å². The number of nitrogens with one attached hydrogen (secondary N) is 1. The third-order valence-electron chi connectivity index (χ3n) is 1.85. The average Bonchev–Trinajstić information content (AvgIpc) is 2.07. The summed E-state index contributed by atoms with van der Waals surface area (Å²) in [5, 5.41) is 12.6. The minimum absolute atomic E-state index is 0.295. The fourth-order valence-electron chi connectivity index (χ4n) is 1.14. The topological polar surface area (TPSA) is 84.6 Å². The fourth-order valence-corrected chi connectivity index (χ4v) is 1.14. The van der Waals surface area contributed by atoms with E-state index < -0.39 is 17.7 Å². The monoisotopic (exact) mass is 246 g/mol. The Labute approximate surface area is 104 Å². The molecule has 0 radical (unpaired) electrons. The lowest BCUT2D eigenvalue weighted by Crippen LogP contribution is -2.44. The molecule has 0 aliphatic rings. The second-order valence-corrected chi connectivity index (χ2v) is 6.00. The Balaban J connectivity index is 3.80. The summed E-state index contributed by atoms with van der Waals surface area (Å²) in [4.78, 5) is 11.4. The van der Waals surface area contributed by atoms with E-state index in [1.165, 1.54) is 0 Å². The van der Waals surface area contributed by atoms with Crippen LogP contribution in [-0.2, 0) is 9.53 Å². The van der Waals surface area contributed by atoms with Gasteiger partial charge in [0.2, 0.25) is 0 Å². The lowest BCUT2D eigenvalue weighted by Gasteiger charge is -2.22. The van der Waals surface area contributed by atoms with Crippen LogP contribution in [0.25, 0.3) is 0 Å². The first-order chi connectivity index (χ1) is 7.51. The summed E-state index contributed by atoms with van der Waals surface area (Å²) in [7, 11) is 0. The highest BCUT2D eigenvalue weighted by atomic mass is 16.6. The predicted octanol–water partition coefficient (Wildman–Crippen LogP) is 0.406. The largest absolute Gasteiger partial charge is 0.458 e. The molecule has 0 aromatic carbocycles. The molecule has 0 heterocycles. The van der Waals surface area contributed by atoms with E-state index in [2.05, 4.69) is 5.32 Å². The van der Waals surface area contributed by atoms with E-state index in [1.54, 1.807) is 20.8 Å². The number of ether oxygens (including phenoxy) is 1. The maximum Gasteiger partial charge on any atom is 0.335 e. The van der Waals surface area contributed by atoms with Crippen molar-refractivity contribution in [3.63, 3.8) is 0 Å². The molecule has 4 N–H and O–H groups in total. The molecule has 5 heteroatoms. The summed E-state index contributed by atoms with van der Waals surface area (Å²) in [6.07, 6.45) is -0.757. The molecule has 0 aliphatic carbocycles. The van der Waals surface area contributed by atoms with E-state index in [-0.39, 0.29) is 5.54 Å². The summed E-state index contributed by atoms with van der Waals surface area (Å²) in [6.45, 7) is 10.3. The van der Waals surface area contributed by atoms with Gasteiger partial charge in [-0.2, -0.15) is 0 Å². The minimum Gasteiger partial charge on any atom is -0.458 e. The van der Waals surface area contributed by atoms with Crippen LogP contribution in [-0.4, -0.2) is 41.4 Å². The SMILES string of the molecule is CC(C)(N)CNCCC(O)C(=O)OC(C)(C)C. The number of aliphatic hydroxyl groups excluding tert-OH is 1. The molecular weight excluding hydrogens is 220 g/mol. The standard InChI is InChI=1S/C12H26N2O3/c1-11(2,3)17-10(16)9(15)6-7-14-8-12(4,5)13/h9,14-15H,6-8,13H2,1-5H3. The number of carbonyl (C=O) groups excluding carboxylic acids is 1. The van der Waals surface area contributed by atoms with Crippen molar-refractivity contribution in [2.75, 3.05) is 13.1 Å². The normalized spacial score (nSPS) is 14.5. The van der Waals surface area contributed by atoms with Crippen molar-refractivity contribution < 1.29 is 14.6 Å². The summed E-state index contributed by atoms with van der Waals surface area (Å²) in [5.74, 6) is -0.577. The van der Waals surface area contributed by atoms with Gasteiger partial charge in [0.05, 0.1) is 0 Å². The third-order valence-corrected chi connectivity index (χ3v) is 1.85. The van der Waals surface area contributed by atoms with Crippen molar-refractivity contribution in [1.29, 1.82) is 0 Å². The van der Waals surface area contributed by atoms with Crippen molar-refractivity contribution in [2.45, 2.75) is 58.3 Å². The summed E-state index contributed by atoms with van der Waals surface area (Å²) in [6, 6.07) is 0. The van der Waals surface area contributed by atoms with Gasteiger partial charge in [-0.05, 0) is 47.6 Å². The Bertz CT molecular complexity index is 241. The number of carbonyl (C=O) groups is 1. The van der Waals surface area contributed by atoms with E-state index in [9.17, 15) is 9.90 Å². The molecule has 102 valence electrons. The highest BCUT2D eigenvalue weighted by Gasteiger charge is 2.22. The second kappa shape index (κ2) is 6.33. The highest BCUT2D eigenvalue weighted by Crippen LogP contribution is 2.09. The summed E-state index contributed by atoms with van der Waals surface area (Å²) >= 11 is 0. The van der Waals surface area contributed by atoms with Gasteiger partial charge < -0.3 is 20.9 Å². The molecule has 0 saturated heterocycles. The number of esters is 1. The summed E-state index contributed by atoms with van der Waals surface area (Å²) in [5.41, 5.74) is 4.92. The molecule has 0 aromatic heterocycles. The van der Waals surface area contributed by atoms with Crippen LogP contribution in [0.3, 0.4) is 0 Å². The molecular formula is C12H26N2O3. The minimum atomic E-state index is -1.08. The average molecular weight is 246 g/mol. The molecule has 5 nitrogen and oxygen atoms in total. The van der Waals surface area contributed by atoms with Crippen molar-refractivity contribution in [1.82, 2.24) is 5.32 Å². The molecule has 0 aromatic rings. The molecule has 1 unspecified atom stereocenters. The number of aliphatic hydroxyl groups is 1. The first-order valence-corrected chi connectivity index (χ1v) is 5.92. The Hall–Kier alpha value is -0.650. The van der Waals surface area contributed by atoms with Gasteiger partial charge in [0, 0.05) is 12.1 Å². The first-order valence-electron chi connectivity index (χ1n) is 5.92. The van der Waals surface area contributed by atoms with Gasteiger partial charge in [-0.15, -0.1) is 0 Å². The molecule has 0 bridgehead atoms.